The first-order chi connectivity index (χ1) is 17.8. The lowest BCUT2D eigenvalue weighted by Gasteiger charge is -2.29. The third-order valence-corrected chi connectivity index (χ3v) is 7.80. The summed E-state index contributed by atoms with van der Waals surface area (Å²) in [5.41, 5.74) is 3.54. The monoisotopic (exact) mass is 538 g/mol. The van der Waals surface area contributed by atoms with Crippen LogP contribution in [0.1, 0.15) is 69.8 Å². The SMILES string of the molecule is C=C(CS)C(=O)Oc1cc(OC(=O)C(=C)CS)cc(-c2ccc(C3CCC(CCCCC)CC3)cc2)c1. The minimum atomic E-state index is -0.579. The van der Waals surface area contributed by atoms with Crippen LogP contribution in [0.5, 0.6) is 11.5 Å². The maximum Gasteiger partial charge on any atom is 0.339 e. The Labute approximate surface area is 232 Å². The lowest BCUT2D eigenvalue weighted by atomic mass is 9.77. The highest BCUT2D eigenvalue weighted by atomic mass is 32.1. The number of hydrogen-bond acceptors (Lipinski definition) is 6. The second-order valence-electron chi connectivity index (χ2n) is 9.83. The second kappa shape index (κ2) is 14.5. The summed E-state index contributed by atoms with van der Waals surface area (Å²) in [6.45, 7) is 9.61. The molecule has 1 fully saturated rings. The van der Waals surface area contributed by atoms with Gasteiger partial charge in [-0.05, 0) is 66.3 Å². The molecule has 3 rings (SSSR count). The topological polar surface area (TPSA) is 52.6 Å². The van der Waals surface area contributed by atoms with Crippen LogP contribution < -0.4 is 9.47 Å². The van der Waals surface area contributed by atoms with E-state index in [0.717, 1.165) is 17.0 Å². The first kappa shape index (κ1) is 29.1. The molecule has 2 aromatic carbocycles. The number of hydrogen-bond donors (Lipinski definition) is 2. The molecule has 0 aromatic heterocycles. The van der Waals surface area contributed by atoms with Crippen molar-refractivity contribution in [1.82, 2.24) is 0 Å². The number of carbonyl (C=O) groups is 2. The van der Waals surface area contributed by atoms with Crippen LogP contribution >= 0.6 is 25.3 Å². The van der Waals surface area contributed by atoms with Crippen molar-refractivity contribution < 1.29 is 19.1 Å². The molecule has 0 aliphatic heterocycles. The molecule has 0 N–H and O–H groups in total. The molecule has 0 heterocycles. The van der Waals surface area contributed by atoms with Crippen molar-refractivity contribution in [2.45, 2.75) is 64.2 Å². The van der Waals surface area contributed by atoms with Crippen LogP contribution in [-0.2, 0) is 9.59 Å². The molecule has 1 saturated carbocycles. The van der Waals surface area contributed by atoms with Crippen LogP contribution in [0.4, 0.5) is 0 Å². The summed E-state index contributed by atoms with van der Waals surface area (Å²) in [5, 5.41) is 0. The smallest absolute Gasteiger partial charge is 0.339 e. The standard InChI is InChI=1S/C31H38O4S2/c1-4-5-6-7-23-8-10-24(11-9-23)25-12-14-26(15-13-25)27-16-28(34-30(32)21(2)19-36)18-29(17-27)35-31(33)22(3)20-37/h12-18,23-24,36-37H,2-11,19-20H2,1H3. The summed E-state index contributed by atoms with van der Waals surface area (Å²) in [7, 11) is 0. The Morgan fingerprint density at radius 3 is 1.84 bits per heavy atom. The highest BCUT2D eigenvalue weighted by Gasteiger charge is 2.22. The molecule has 6 heteroatoms. The molecule has 0 radical (unpaired) electrons. The van der Waals surface area contributed by atoms with E-state index in [1.165, 1.54) is 63.0 Å². The van der Waals surface area contributed by atoms with Gasteiger partial charge in [0, 0.05) is 28.7 Å². The van der Waals surface area contributed by atoms with Crippen molar-refractivity contribution >= 4 is 37.2 Å². The first-order valence-electron chi connectivity index (χ1n) is 13.1. The van der Waals surface area contributed by atoms with E-state index in [1.54, 1.807) is 12.1 Å². The molecular weight excluding hydrogens is 500 g/mol. The second-order valence-corrected chi connectivity index (χ2v) is 10.5. The third kappa shape index (κ3) is 8.54. The number of carbonyl (C=O) groups excluding carboxylic acids is 2. The van der Waals surface area contributed by atoms with E-state index in [-0.39, 0.29) is 34.2 Å². The lowest BCUT2D eigenvalue weighted by Crippen LogP contribution is -2.13. The molecule has 0 unspecified atom stereocenters. The highest BCUT2D eigenvalue weighted by Crippen LogP contribution is 2.39. The Balaban J connectivity index is 1.77. The normalized spacial score (nSPS) is 17.2. The van der Waals surface area contributed by atoms with E-state index in [1.807, 2.05) is 0 Å². The van der Waals surface area contributed by atoms with Gasteiger partial charge in [-0.3, -0.25) is 0 Å². The van der Waals surface area contributed by atoms with Gasteiger partial charge < -0.3 is 9.47 Å². The van der Waals surface area contributed by atoms with E-state index < -0.39 is 11.9 Å². The van der Waals surface area contributed by atoms with E-state index in [9.17, 15) is 9.59 Å². The molecular formula is C31H38O4S2. The molecule has 198 valence electrons. The molecule has 37 heavy (non-hydrogen) atoms. The average Bonchev–Trinajstić information content (AvgIpc) is 2.92. The van der Waals surface area contributed by atoms with Crippen molar-refractivity contribution in [2.75, 3.05) is 11.5 Å². The zero-order valence-electron chi connectivity index (χ0n) is 21.7. The zero-order chi connectivity index (χ0) is 26.8. The highest BCUT2D eigenvalue weighted by molar-refractivity contribution is 7.80. The fourth-order valence-electron chi connectivity index (χ4n) is 4.76. The number of benzene rings is 2. The lowest BCUT2D eigenvalue weighted by molar-refractivity contribution is -0.130. The van der Waals surface area contributed by atoms with Crippen LogP contribution in [0, 0.1) is 5.92 Å². The predicted molar refractivity (Wildman–Crippen MR) is 158 cm³/mol. The molecule has 0 atom stereocenters. The Morgan fingerprint density at radius 1 is 0.811 bits per heavy atom. The van der Waals surface area contributed by atoms with Gasteiger partial charge in [-0.25, -0.2) is 9.59 Å². The number of thiol groups is 2. The van der Waals surface area contributed by atoms with Crippen molar-refractivity contribution in [1.29, 1.82) is 0 Å². The first-order valence-corrected chi connectivity index (χ1v) is 14.4. The molecule has 1 aliphatic carbocycles. The van der Waals surface area contributed by atoms with Crippen molar-refractivity contribution in [3.63, 3.8) is 0 Å². The Bertz CT molecular complexity index is 1050. The van der Waals surface area contributed by atoms with Gasteiger partial charge >= 0.3 is 11.9 Å². The Hall–Kier alpha value is -2.44. The minimum absolute atomic E-state index is 0.185. The van der Waals surface area contributed by atoms with E-state index in [0.29, 0.717) is 5.92 Å². The van der Waals surface area contributed by atoms with Crippen molar-refractivity contribution in [2.24, 2.45) is 5.92 Å². The van der Waals surface area contributed by atoms with Crippen LogP contribution in [0.15, 0.2) is 66.8 Å². The molecule has 0 saturated heterocycles. The Morgan fingerprint density at radius 2 is 1.35 bits per heavy atom. The zero-order valence-corrected chi connectivity index (χ0v) is 23.5. The molecule has 0 bridgehead atoms. The van der Waals surface area contributed by atoms with Crippen molar-refractivity contribution in [3.8, 4) is 22.6 Å². The van der Waals surface area contributed by atoms with E-state index >= 15 is 0 Å². The largest absolute Gasteiger partial charge is 0.423 e. The maximum atomic E-state index is 12.3. The number of ether oxygens (including phenoxy) is 2. The van der Waals surface area contributed by atoms with Gasteiger partial charge in [0.05, 0.1) is 0 Å². The summed E-state index contributed by atoms with van der Waals surface area (Å²) in [6, 6.07) is 13.5. The fourth-order valence-corrected chi connectivity index (χ4v) is 5.02. The van der Waals surface area contributed by atoms with Gasteiger partial charge in [-0.1, -0.05) is 70.0 Å². The van der Waals surface area contributed by atoms with Crippen LogP contribution in [0.25, 0.3) is 11.1 Å². The quantitative estimate of drug-likeness (QED) is 0.0945. The van der Waals surface area contributed by atoms with Crippen LogP contribution in [-0.4, -0.2) is 23.4 Å². The summed E-state index contributed by atoms with van der Waals surface area (Å²) < 4.78 is 11.0. The third-order valence-electron chi connectivity index (χ3n) is 7.04. The van der Waals surface area contributed by atoms with Gasteiger partial charge in [0.2, 0.25) is 0 Å². The van der Waals surface area contributed by atoms with E-state index in [2.05, 4.69) is 69.6 Å². The predicted octanol–water partition coefficient (Wildman–Crippen LogP) is 7.99. The summed E-state index contributed by atoms with van der Waals surface area (Å²) in [6.07, 6.45) is 10.5. The number of esters is 2. The molecule has 4 nitrogen and oxygen atoms in total. The average molecular weight is 539 g/mol. The van der Waals surface area contributed by atoms with E-state index in [4.69, 9.17) is 9.47 Å². The number of unbranched alkanes of at least 4 members (excludes halogenated alkanes) is 2. The molecule has 0 spiro atoms. The maximum absolute atomic E-state index is 12.3. The number of rotatable bonds is 12. The summed E-state index contributed by atoms with van der Waals surface area (Å²) in [4.78, 5) is 24.6. The molecule has 1 aliphatic rings. The van der Waals surface area contributed by atoms with Gasteiger partial charge in [0.1, 0.15) is 11.5 Å². The van der Waals surface area contributed by atoms with Crippen LogP contribution in [0.3, 0.4) is 0 Å². The van der Waals surface area contributed by atoms with Gasteiger partial charge in [0.15, 0.2) is 0 Å². The Kier molecular flexibility index (Phi) is 11.4. The van der Waals surface area contributed by atoms with Crippen LogP contribution in [0.2, 0.25) is 0 Å². The summed E-state index contributed by atoms with van der Waals surface area (Å²) >= 11 is 8.18. The van der Waals surface area contributed by atoms with Gasteiger partial charge in [-0.2, -0.15) is 25.3 Å². The van der Waals surface area contributed by atoms with Crippen molar-refractivity contribution in [3.05, 3.63) is 72.3 Å². The molecule has 0 amide bonds. The van der Waals surface area contributed by atoms with Gasteiger partial charge in [0.25, 0.3) is 0 Å². The van der Waals surface area contributed by atoms with Gasteiger partial charge in [-0.15, -0.1) is 0 Å². The summed E-state index contributed by atoms with van der Waals surface area (Å²) in [5.74, 6) is 1.21. The fraction of sp³-hybridized carbons (Fsp3) is 0.419. The molecule has 2 aromatic rings. The minimum Gasteiger partial charge on any atom is -0.423 e.